The molecule has 4 aromatic rings. The Hall–Kier alpha value is -3.85. The molecule has 4 rings (SSSR count). The Bertz CT molecular complexity index is 1410. The Morgan fingerprint density at radius 1 is 0.722 bits per heavy atom. The number of rotatable bonds is 7. The molecular weight excluding hydrogens is 471 g/mol. The van der Waals surface area contributed by atoms with E-state index in [2.05, 4.69) is 35.6 Å². The number of hydrogen-bond donors (Lipinski definition) is 0. The van der Waals surface area contributed by atoms with Crippen molar-refractivity contribution >= 4 is 10.8 Å². The fourth-order valence-corrected chi connectivity index (χ4v) is 4.03. The van der Waals surface area contributed by atoms with Gasteiger partial charge in [-0.2, -0.15) is 8.78 Å². The molecule has 0 spiro atoms. The molecule has 0 unspecified atom stereocenters. The van der Waals surface area contributed by atoms with Crippen molar-refractivity contribution in [2.24, 2.45) is 0 Å². The van der Waals surface area contributed by atoms with E-state index in [1.807, 2.05) is 18.2 Å². The summed E-state index contributed by atoms with van der Waals surface area (Å²) in [6.07, 6.45) is 2.41. The third-order valence-corrected chi connectivity index (χ3v) is 5.83. The summed E-state index contributed by atoms with van der Waals surface area (Å²) >= 11 is 0. The summed E-state index contributed by atoms with van der Waals surface area (Å²) < 4.78 is 71.5. The molecule has 184 valence electrons. The van der Waals surface area contributed by atoms with Crippen LogP contribution in [0.3, 0.4) is 0 Å². The second-order valence-electron chi connectivity index (χ2n) is 8.44. The predicted molar refractivity (Wildman–Crippen MR) is 131 cm³/mol. The van der Waals surface area contributed by atoms with Crippen molar-refractivity contribution < 1.29 is 26.7 Å². The molecule has 0 aliphatic carbocycles. The second kappa shape index (κ2) is 11.3. The quantitative estimate of drug-likeness (QED) is 0.187. The average Bonchev–Trinajstić information content (AvgIpc) is 2.85. The Morgan fingerprint density at radius 3 is 2.06 bits per heavy atom. The van der Waals surface area contributed by atoms with Crippen LogP contribution in [0.1, 0.15) is 41.2 Å². The molecule has 0 heterocycles. The molecule has 36 heavy (non-hydrogen) atoms. The van der Waals surface area contributed by atoms with Crippen LogP contribution >= 0.6 is 0 Å². The van der Waals surface area contributed by atoms with Crippen LogP contribution in [-0.4, -0.2) is 6.61 Å². The predicted octanol–water partition coefficient (Wildman–Crippen LogP) is 8.00. The lowest BCUT2D eigenvalue weighted by Gasteiger charge is -2.10. The number of fused-ring (bicyclic) bond motifs is 1. The zero-order valence-electron chi connectivity index (χ0n) is 19.6. The van der Waals surface area contributed by atoms with Gasteiger partial charge in [0.15, 0.2) is 17.4 Å². The van der Waals surface area contributed by atoms with Crippen molar-refractivity contribution in [3.05, 3.63) is 112 Å². The van der Waals surface area contributed by atoms with Gasteiger partial charge >= 0.3 is 6.61 Å². The fourth-order valence-electron chi connectivity index (χ4n) is 4.03. The van der Waals surface area contributed by atoms with Gasteiger partial charge in [-0.15, -0.1) is 0 Å². The molecule has 0 aliphatic heterocycles. The van der Waals surface area contributed by atoms with E-state index in [4.69, 9.17) is 0 Å². The van der Waals surface area contributed by atoms with E-state index < -0.39 is 29.8 Å². The van der Waals surface area contributed by atoms with Crippen LogP contribution in [-0.2, 0) is 19.3 Å². The molecule has 0 saturated heterocycles. The number of alkyl halides is 2. The summed E-state index contributed by atoms with van der Waals surface area (Å²) in [5.74, 6) is 2.24. The molecule has 0 radical (unpaired) electrons. The molecule has 0 aromatic heterocycles. The van der Waals surface area contributed by atoms with Crippen molar-refractivity contribution in [1.29, 1.82) is 0 Å². The Labute approximate surface area is 206 Å². The molecule has 0 saturated carbocycles. The third-order valence-electron chi connectivity index (χ3n) is 5.83. The fraction of sp³-hybridized carbons (Fsp3) is 0.200. The van der Waals surface area contributed by atoms with Crippen molar-refractivity contribution in [3.8, 4) is 17.6 Å². The minimum absolute atomic E-state index is 0.117. The van der Waals surface area contributed by atoms with Gasteiger partial charge in [-0.05, 0) is 77.7 Å². The van der Waals surface area contributed by atoms with Crippen molar-refractivity contribution in [1.82, 2.24) is 0 Å². The van der Waals surface area contributed by atoms with Gasteiger partial charge < -0.3 is 4.74 Å². The average molecular weight is 495 g/mol. The maximum Gasteiger partial charge on any atom is 0.387 e. The molecule has 4 aromatic carbocycles. The van der Waals surface area contributed by atoms with Crippen LogP contribution < -0.4 is 4.74 Å². The van der Waals surface area contributed by atoms with Gasteiger partial charge in [0.05, 0.1) is 0 Å². The first kappa shape index (κ1) is 25.2. The van der Waals surface area contributed by atoms with Crippen LogP contribution in [0.4, 0.5) is 22.0 Å². The molecule has 0 amide bonds. The van der Waals surface area contributed by atoms with Gasteiger partial charge in [-0.25, -0.2) is 13.2 Å². The van der Waals surface area contributed by atoms with Crippen LogP contribution in [0.5, 0.6) is 5.75 Å². The van der Waals surface area contributed by atoms with Gasteiger partial charge in [0, 0.05) is 16.5 Å². The highest BCUT2D eigenvalue weighted by atomic mass is 19.3. The lowest BCUT2D eigenvalue weighted by Crippen LogP contribution is -2.06. The van der Waals surface area contributed by atoms with Gasteiger partial charge in [-0.1, -0.05) is 55.5 Å². The maximum atomic E-state index is 15.1. The highest BCUT2D eigenvalue weighted by molar-refractivity contribution is 5.85. The summed E-state index contributed by atoms with van der Waals surface area (Å²) in [4.78, 5) is 0. The molecular formula is C30H23F5O. The van der Waals surface area contributed by atoms with Crippen molar-refractivity contribution in [2.75, 3.05) is 0 Å². The van der Waals surface area contributed by atoms with E-state index in [0.717, 1.165) is 36.1 Å². The van der Waals surface area contributed by atoms with Crippen molar-refractivity contribution in [3.63, 3.8) is 0 Å². The largest absolute Gasteiger partial charge is 0.429 e. The first-order valence-corrected chi connectivity index (χ1v) is 11.6. The molecule has 0 fully saturated rings. The molecule has 0 N–H and O–H groups in total. The highest BCUT2D eigenvalue weighted by Crippen LogP contribution is 2.27. The minimum atomic E-state index is -3.34. The van der Waals surface area contributed by atoms with E-state index in [1.165, 1.54) is 5.56 Å². The van der Waals surface area contributed by atoms with Crippen LogP contribution in [0, 0.1) is 29.3 Å². The smallest absolute Gasteiger partial charge is 0.387 e. The van der Waals surface area contributed by atoms with E-state index >= 15 is 4.39 Å². The Balaban J connectivity index is 1.49. The maximum absolute atomic E-state index is 15.1. The third kappa shape index (κ3) is 6.04. The first-order chi connectivity index (χ1) is 17.3. The molecule has 6 heteroatoms. The highest BCUT2D eigenvalue weighted by Gasteiger charge is 2.17. The second-order valence-corrected chi connectivity index (χ2v) is 8.44. The van der Waals surface area contributed by atoms with Crippen LogP contribution in [0.2, 0.25) is 0 Å². The number of ether oxygens (including phenoxy) is 1. The van der Waals surface area contributed by atoms with E-state index in [9.17, 15) is 17.6 Å². The number of hydrogen-bond acceptors (Lipinski definition) is 1. The summed E-state index contributed by atoms with van der Waals surface area (Å²) in [5.41, 5.74) is 3.51. The lowest BCUT2D eigenvalue weighted by atomic mass is 9.99. The molecule has 0 aliphatic rings. The normalized spacial score (nSPS) is 11.0. The monoisotopic (exact) mass is 494 g/mol. The van der Waals surface area contributed by atoms with Gasteiger partial charge in [-0.3, -0.25) is 0 Å². The number of aryl methyl sites for hydroxylation is 3. The molecule has 1 nitrogen and oxygen atoms in total. The first-order valence-electron chi connectivity index (χ1n) is 11.6. The summed E-state index contributed by atoms with van der Waals surface area (Å²) in [5, 5.41) is 1.10. The molecule has 0 atom stereocenters. The zero-order chi connectivity index (χ0) is 25.7. The Morgan fingerprint density at radius 2 is 1.39 bits per heavy atom. The molecule has 0 bridgehead atoms. The summed E-state index contributed by atoms with van der Waals surface area (Å²) in [6.45, 7) is -1.20. The van der Waals surface area contributed by atoms with E-state index in [-0.39, 0.29) is 18.4 Å². The SMILES string of the molecule is CCCc1ccc(C#Cc2ccc3c(F)c(CCc4cc(F)c(OC(F)F)c(F)c4)ccc3c2)cc1. The number of benzene rings is 4. The van der Waals surface area contributed by atoms with Gasteiger partial charge in [0.25, 0.3) is 0 Å². The van der Waals surface area contributed by atoms with Crippen LogP contribution in [0.25, 0.3) is 10.8 Å². The van der Waals surface area contributed by atoms with E-state index in [0.29, 0.717) is 16.3 Å². The van der Waals surface area contributed by atoms with Gasteiger partial charge in [0.1, 0.15) is 5.82 Å². The summed E-state index contributed by atoms with van der Waals surface area (Å²) in [6, 6.07) is 18.6. The minimum Gasteiger partial charge on any atom is -0.429 e. The Kier molecular flexibility index (Phi) is 7.90. The van der Waals surface area contributed by atoms with Crippen LogP contribution in [0.15, 0.2) is 66.7 Å². The lowest BCUT2D eigenvalue weighted by molar-refractivity contribution is -0.0546. The van der Waals surface area contributed by atoms with E-state index in [1.54, 1.807) is 24.3 Å². The zero-order valence-corrected chi connectivity index (χ0v) is 19.6. The number of halogens is 5. The van der Waals surface area contributed by atoms with Crippen molar-refractivity contribution in [2.45, 2.75) is 39.2 Å². The standard InChI is InChI=1S/C30H23F5O/c1-2-3-19-4-6-20(7-5-19)8-9-21-11-15-25-24(16-21)14-13-23(28(25)33)12-10-22-17-26(31)29(27(32)18-22)36-30(34)35/h4-7,11,13-18,30H,2-3,10,12H2,1H3. The topological polar surface area (TPSA) is 9.23 Å². The summed E-state index contributed by atoms with van der Waals surface area (Å²) in [7, 11) is 0. The van der Waals surface area contributed by atoms with Gasteiger partial charge in [0.2, 0.25) is 0 Å².